The van der Waals surface area contributed by atoms with Crippen molar-refractivity contribution in [3.63, 3.8) is 0 Å². The smallest absolute Gasteiger partial charge is 0.116 e. The lowest BCUT2D eigenvalue weighted by molar-refractivity contribution is 0.0662. The molecule has 0 atom stereocenters. The Balaban J connectivity index is 1.40. The molecule has 0 amide bonds. The Kier molecular flexibility index (Phi) is 4.40. The first-order valence-electron chi connectivity index (χ1n) is 9.71. The van der Waals surface area contributed by atoms with Gasteiger partial charge in [0, 0.05) is 36.0 Å². The molecular formula is C22H24N4O. The molecule has 0 saturated carbocycles. The monoisotopic (exact) mass is 360 g/mol. The van der Waals surface area contributed by atoms with E-state index in [0.717, 1.165) is 72.9 Å². The third-order valence-electron chi connectivity index (χ3n) is 5.57. The van der Waals surface area contributed by atoms with Crippen LogP contribution in [-0.2, 0) is 11.3 Å². The number of ether oxygens (including phenoxy) is 1. The number of rotatable bonds is 5. The van der Waals surface area contributed by atoms with Gasteiger partial charge in [-0.1, -0.05) is 30.3 Å². The van der Waals surface area contributed by atoms with Gasteiger partial charge < -0.3 is 15.0 Å². The number of hydrogen-bond acceptors (Lipinski definition) is 3. The lowest BCUT2D eigenvalue weighted by Gasteiger charge is -2.22. The molecule has 27 heavy (non-hydrogen) atoms. The van der Waals surface area contributed by atoms with E-state index >= 15 is 0 Å². The highest BCUT2D eigenvalue weighted by Crippen LogP contribution is 2.30. The predicted octanol–water partition coefficient (Wildman–Crippen LogP) is 4.23. The van der Waals surface area contributed by atoms with Crippen molar-refractivity contribution in [1.82, 2.24) is 20.5 Å². The van der Waals surface area contributed by atoms with Gasteiger partial charge in [0.05, 0.1) is 11.2 Å². The van der Waals surface area contributed by atoms with Gasteiger partial charge in [-0.2, -0.15) is 5.10 Å². The molecule has 0 radical (unpaired) electrons. The minimum Gasteiger partial charge on any atom is -0.381 e. The molecule has 0 unspecified atom stereocenters. The Morgan fingerprint density at radius 3 is 2.78 bits per heavy atom. The molecule has 4 aromatic rings. The topological polar surface area (TPSA) is 65.7 Å². The fourth-order valence-electron chi connectivity index (χ4n) is 4.03. The third-order valence-corrected chi connectivity index (χ3v) is 5.57. The Morgan fingerprint density at radius 1 is 1.00 bits per heavy atom. The zero-order chi connectivity index (χ0) is 18.1. The zero-order valence-corrected chi connectivity index (χ0v) is 15.3. The summed E-state index contributed by atoms with van der Waals surface area (Å²) in [6.45, 7) is 3.75. The van der Waals surface area contributed by atoms with E-state index < -0.39 is 0 Å². The first-order chi connectivity index (χ1) is 13.4. The molecule has 5 nitrogen and oxygen atoms in total. The summed E-state index contributed by atoms with van der Waals surface area (Å²) in [5, 5.41) is 13.7. The maximum atomic E-state index is 5.45. The summed E-state index contributed by atoms with van der Waals surface area (Å²) < 4.78 is 5.45. The van der Waals surface area contributed by atoms with Crippen LogP contribution < -0.4 is 5.32 Å². The second-order valence-electron chi connectivity index (χ2n) is 7.37. The number of nitrogens with zero attached hydrogens (tertiary/aromatic N) is 1. The maximum Gasteiger partial charge on any atom is 0.116 e. The molecule has 3 N–H and O–H groups in total. The van der Waals surface area contributed by atoms with E-state index in [0.29, 0.717) is 0 Å². The first kappa shape index (κ1) is 16.5. The van der Waals surface area contributed by atoms with E-state index in [2.05, 4.69) is 63.0 Å². The van der Waals surface area contributed by atoms with Crippen LogP contribution in [-0.4, -0.2) is 34.9 Å². The van der Waals surface area contributed by atoms with E-state index in [1.54, 1.807) is 0 Å². The van der Waals surface area contributed by atoms with Crippen LogP contribution in [0.4, 0.5) is 0 Å². The summed E-state index contributed by atoms with van der Waals surface area (Å²) in [5.41, 5.74) is 5.57. The molecular weight excluding hydrogens is 336 g/mol. The van der Waals surface area contributed by atoms with Crippen LogP contribution in [0.2, 0.25) is 0 Å². The summed E-state index contributed by atoms with van der Waals surface area (Å²) in [6.07, 6.45) is 2.33. The van der Waals surface area contributed by atoms with Gasteiger partial charge in [0.15, 0.2) is 0 Å². The first-order valence-corrected chi connectivity index (χ1v) is 9.71. The number of benzene rings is 2. The van der Waals surface area contributed by atoms with Crippen LogP contribution in [0.5, 0.6) is 0 Å². The highest BCUT2D eigenvalue weighted by Gasteiger charge is 2.14. The number of para-hydroxylation sites is 1. The van der Waals surface area contributed by atoms with Crippen molar-refractivity contribution in [3.8, 4) is 11.4 Å². The van der Waals surface area contributed by atoms with Crippen molar-refractivity contribution in [2.75, 3.05) is 19.8 Å². The number of nitrogens with one attached hydrogen (secondary N) is 3. The van der Waals surface area contributed by atoms with Crippen LogP contribution in [0.3, 0.4) is 0 Å². The average Bonchev–Trinajstić information content (AvgIpc) is 3.33. The van der Waals surface area contributed by atoms with E-state index in [-0.39, 0.29) is 0 Å². The standard InChI is InChI=1S/C22H24N4O/c1-2-6-20-17(5-1)22(26-25-20)21-12-18-16(4-3-7-19(18)24-21)14-23-13-15-8-10-27-11-9-15/h1-7,12,15,23-24H,8-11,13-14H2,(H,25,26). The summed E-state index contributed by atoms with van der Waals surface area (Å²) in [6, 6.07) is 16.9. The van der Waals surface area contributed by atoms with E-state index in [1.807, 2.05) is 6.07 Å². The molecule has 1 fully saturated rings. The number of fused-ring (bicyclic) bond motifs is 2. The second-order valence-corrected chi connectivity index (χ2v) is 7.37. The Hall–Kier alpha value is -2.63. The molecule has 0 aliphatic carbocycles. The van der Waals surface area contributed by atoms with E-state index in [1.165, 1.54) is 10.9 Å². The van der Waals surface area contributed by atoms with E-state index in [4.69, 9.17) is 4.74 Å². The zero-order valence-electron chi connectivity index (χ0n) is 15.3. The van der Waals surface area contributed by atoms with Gasteiger partial charge in [0.1, 0.15) is 5.69 Å². The maximum absolute atomic E-state index is 5.45. The third kappa shape index (κ3) is 3.24. The van der Waals surface area contributed by atoms with Crippen molar-refractivity contribution in [1.29, 1.82) is 0 Å². The highest BCUT2D eigenvalue weighted by molar-refractivity contribution is 5.96. The predicted molar refractivity (Wildman–Crippen MR) is 109 cm³/mol. The van der Waals surface area contributed by atoms with Gasteiger partial charge in [-0.15, -0.1) is 0 Å². The molecule has 0 spiro atoms. The largest absolute Gasteiger partial charge is 0.381 e. The molecule has 1 aliphatic heterocycles. The van der Waals surface area contributed by atoms with Gasteiger partial charge in [-0.05, 0) is 49.1 Å². The van der Waals surface area contributed by atoms with Gasteiger partial charge >= 0.3 is 0 Å². The van der Waals surface area contributed by atoms with Crippen molar-refractivity contribution in [2.45, 2.75) is 19.4 Å². The molecule has 0 bridgehead atoms. The summed E-state index contributed by atoms with van der Waals surface area (Å²) in [7, 11) is 0. The van der Waals surface area contributed by atoms with Crippen LogP contribution in [0.15, 0.2) is 48.5 Å². The molecule has 1 saturated heterocycles. The van der Waals surface area contributed by atoms with Crippen molar-refractivity contribution in [3.05, 3.63) is 54.1 Å². The molecule has 2 aromatic heterocycles. The Bertz CT molecular complexity index is 1060. The Morgan fingerprint density at radius 2 is 1.85 bits per heavy atom. The normalized spacial score (nSPS) is 15.7. The number of hydrogen-bond donors (Lipinski definition) is 3. The van der Waals surface area contributed by atoms with Crippen molar-refractivity contribution < 1.29 is 4.74 Å². The quantitative estimate of drug-likeness (QED) is 0.499. The Labute approximate surface area is 158 Å². The van der Waals surface area contributed by atoms with Gasteiger partial charge in [-0.3, -0.25) is 5.10 Å². The number of aromatic amines is 2. The molecule has 3 heterocycles. The van der Waals surface area contributed by atoms with Gasteiger partial charge in [0.2, 0.25) is 0 Å². The van der Waals surface area contributed by atoms with Crippen molar-refractivity contribution in [2.24, 2.45) is 5.92 Å². The SMILES string of the molecule is c1cc(CNCC2CCOCC2)c2cc(-c3n[nH]c4ccccc34)[nH]c2c1. The molecule has 5 rings (SSSR count). The lowest BCUT2D eigenvalue weighted by atomic mass is 10.0. The van der Waals surface area contributed by atoms with Crippen LogP contribution in [0.1, 0.15) is 18.4 Å². The highest BCUT2D eigenvalue weighted by atomic mass is 16.5. The average molecular weight is 360 g/mol. The fraction of sp³-hybridized carbons (Fsp3) is 0.318. The second kappa shape index (κ2) is 7.18. The van der Waals surface area contributed by atoms with Crippen molar-refractivity contribution >= 4 is 21.8 Å². The minimum absolute atomic E-state index is 0.732. The number of H-pyrrole nitrogens is 2. The minimum atomic E-state index is 0.732. The molecule has 1 aliphatic rings. The van der Waals surface area contributed by atoms with E-state index in [9.17, 15) is 0 Å². The molecule has 5 heteroatoms. The molecule has 2 aromatic carbocycles. The van der Waals surface area contributed by atoms with Crippen LogP contribution in [0, 0.1) is 5.92 Å². The lowest BCUT2D eigenvalue weighted by Crippen LogP contribution is -2.27. The van der Waals surface area contributed by atoms with Crippen LogP contribution >= 0.6 is 0 Å². The summed E-state index contributed by atoms with van der Waals surface area (Å²) in [5.74, 6) is 0.732. The fourth-order valence-corrected chi connectivity index (χ4v) is 4.03. The summed E-state index contributed by atoms with van der Waals surface area (Å²) in [4.78, 5) is 3.54. The van der Waals surface area contributed by atoms with Gasteiger partial charge in [-0.25, -0.2) is 0 Å². The summed E-state index contributed by atoms with van der Waals surface area (Å²) >= 11 is 0. The van der Waals surface area contributed by atoms with Crippen LogP contribution in [0.25, 0.3) is 33.2 Å². The van der Waals surface area contributed by atoms with Gasteiger partial charge in [0.25, 0.3) is 0 Å². The number of aromatic nitrogens is 3. The molecule has 138 valence electrons.